The summed E-state index contributed by atoms with van der Waals surface area (Å²) in [6.07, 6.45) is 79.5. The Morgan fingerprint density at radius 3 is 1.19 bits per heavy atom. The normalized spacial score (nSPS) is 14.3. The zero-order valence-electron chi connectivity index (χ0n) is 47.5. The van der Waals surface area contributed by atoms with Gasteiger partial charge in [0, 0.05) is 13.0 Å². The minimum atomic E-state index is -4.55. The third-order valence-corrected chi connectivity index (χ3v) is 13.0. The molecule has 0 amide bonds. The lowest BCUT2D eigenvalue weighted by atomic mass is 10.0. The molecule has 0 radical (unpaired) electrons. The van der Waals surface area contributed by atoms with E-state index in [1.807, 2.05) is 21.1 Å². The van der Waals surface area contributed by atoms with Gasteiger partial charge in [-0.25, -0.2) is 0 Å². The van der Waals surface area contributed by atoms with E-state index in [9.17, 15) is 14.3 Å². The van der Waals surface area contributed by atoms with Crippen LogP contribution in [-0.2, 0) is 27.9 Å². The summed E-state index contributed by atoms with van der Waals surface area (Å²) in [5.74, 6) is -0.351. The molecule has 0 aromatic heterocycles. The molecular formula is C64H110NO7P. The average molecular weight is 1040 g/mol. The smallest absolute Gasteiger partial charge is 0.306 e. The van der Waals surface area contributed by atoms with Crippen molar-refractivity contribution in [2.75, 3.05) is 54.1 Å². The summed E-state index contributed by atoms with van der Waals surface area (Å²) in [7, 11) is 1.32. The van der Waals surface area contributed by atoms with Crippen molar-refractivity contribution in [2.24, 2.45) is 0 Å². The van der Waals surface area contributed by atoms with Crippen molar-refractivity contribution < 1.29 is 37.3 Å². The second-order valence-corrected chi connectivity index (χ2v) is 21.7. The Balaban J connectivity index is 4.19. The number of carbonyl (C=O) groups is 1. The van der Waals surface area contributed by atoms with E-state index in [4.69, 9.17) is 18.5 Å². The third-order valence-electron chi connectivity index (χ3n) is 12.0. The van der Waals surface area contributed by atoms with E-state index in [1.165, 1.54) is 89.9 Å². The molecule has 9 heteroatoms. The molecule has 418 valence electrons. The van der Waals surface area contributed by atoms with E-state index in [0.29, 0.717) is 24.1 Å². The molecule has 0 aliphatic rings. The molecule has 73 heavy (non-hydrogen) atoms. The number of allylic oxidation sites excluding steroid dienone is 20. The van der Waals surface area contributed by atoms with E-state index in [0.717, 1.165) is 109 Å². The van der Waals surface area contributed by atoms with E-state index in [1.54, 1.807) is 0 Å². The topological polar surface area (TPSA) is 94.1 Å². The number of esters is 1. The number of hydrogen-bond acceptors (Lipinski definition) is 7. The molecule has 2 unspecified atom stereocenters. The summed E-state index contributed by atoms with van der Waals surface area (Å²) in [6.45, 7) is 5.20. The minimum absolute atomic E-state index is 0.0128. The quantitative estimate of drug-likeness (QED) is 0.0197. The lowest BCUT2D eigenvalue weighted by Crippen LogP contribution is -2.37. The van der Waals surface area contributed by atoms with Crippen LogP contribution in [-0.4, -0.2) is 70.7 Å². The highest BCUT2D eigenvalue weighted by Crippen LogP contribution is 2.38. The van der Waals surface area contributed by atoms with Gasteiger partial charge in [-0.1, -0.05) is 225 Å². The maximum Gasteiger partial charge on any atom is 0.306 e. The first-order valence-electron chi connectivity index (χ1n) is 29.3. The van der Waals surface area contributed by atoms with Crippen LogP contribution in [0.3, 0.4) is 0 Å². The van der Waals surface area contributed by atoms with Crippen LogP contribution in [0.5, 0.6) is 0 Å². The lowest BCUT2D eigenvalue weighted by molar-refractivity contribution is -0.870. The maximum absolute atomic E-state index is 12.8. The monoisotopic (exact) mass is 1040 g/mol. The predicted molar refractivity (Wildman–Crippen MR) is 314 cm³/mol. The molecule has 0 saturated heterocycles. The number of unbranched alkanes of at least 4 members (excludes halogenated alkanes) is 19. The Morgan fingerprint density at radius 1 is 0.438 bits per heavy atom. The Bertz CT molecular complexity index is 1580. The Morgan fingerprint density at radius 2 is 0.795 bits per heavy atom. The van der Waals surface area contributed by atoms with Crippen molar-refractivity contribution in [1.29, 1.82) is 0 Å². The van der Waals surface area contributed by atoms with Crippen molar-refractivity contribution in [3.05, 3.63) is 122 Å². The van der Waals surface area contributed by atoms with Crippen molar-refractivity contribution in [1.82, 2.24) is 0 Å². The van der Waals surface area contributed by atoms with Gasteiger partial charge in [0.15, 0.2) is 0 Å². The zero-order valence-corrected chi connectivity index (χ0v) is 48.4. The second kappa shape index (κ2) is 55.1. The number of carbonyl (C=O) groups excluding carboxylic acids is 1. The zero-order chi connectivity index (χ0) is 53.3. The van der Waals surface area contributed by atoms with Gasteiger partial charge in [0.1, 0.15) is 19.3 Å². The largest absolute Gasteiger partial charge is 0.756 e. The Hall–Kier alpha value is -3.10. The summed E-state index contributed by atoms with van der Waals surface area (Å²) in [5.41, 5.74) is 0. The molecule has 0 spiro atoms. The molecule has 0 aromatic carbocycles. The minimum Gasteiger partial charge on any atom is -0.756 e. The highest BCUT2D eigenvalue weighted by molar-refractivity contribution is 7.45. The van der Waals surface area contributed by atoms with Crippen molar-refractivity contribution >= 4 is 13.8 Å². The number of quaternary nitrogens is 1. The molecule has 0 aliphatic carbocycles. The summed E-state index contributed by atoms with van der Waals surface area (Å²) in [6, 6.07) is 0. The van der Waals surface area contributed by atoms with Crippen LogP contribution in [0.2, 0.25) is 0 Å². The molecular weight excluding hydrogens is 926 g/mol. The number of likely N-dealkylation sites (N-methyl/N-ethyl adjacent to an activating group) is 1. The average Bonchev–Trinajstić information content (AvgIpc) is 3.35. The second-order valence-electron chi connectivity index (χ2n) is 20.3. The molecule has 0 aliphatic heterocycles. The number of rotatable bonds is 53. The predicted octanol–water partition coefficient (Wildman–Crippen LogP) is 18.2. The van der Waals surface area contributed by atoms with Crippen molar-refractivity contribution in [3.8, 4) is 0 Å². The van der Waals surface area contributed by atoms with Gasteiger partial charge < -0.3 is 27.9 Å². The first-order valence-corrected chi connectivity index (χ1v) is 30.7. The van der Waals surface area contributed by atoms with Gasteiger partial charge in [-0.15, -0.1) is 0 Å². The van der Waals surface area contributed by atoms with Crippen LogP contribution >= 0.6 is 7.82 Å². The summed E-state index contributed by atoms with van der Waals surface area (Å²) >= 11 is 0. The van der Waals surface area contributed by atoms with E-state index >= 15 is 0 Å². The standard InChI is InChI=1S/C64H110NO7P/c1-6-8-10-12-14-16-18-20-22-24-26-28-30-32-34-36-38-40-42-44-46-48-50-52-54-56-59-69-61-63(62-71-73(67,68)70-60-58-65(3,4)5)72-64(66)57-55-53-51-49-47-45-43-41-39-37-35-33-31-29-27-25-23-21-19-17-15-13-11-9-7-2/h8,10,14,16,19-22,25-28,31-34,38,40,44,46,63H,6-7,9,11-13,15,17-18,23-24,29-30,35-37,39,41-43,45,47-62H2,1-5H3/b10-8-,16-14-,21-19-,22-20-,27-25-,28-26-,33-31-,34-32-,40-38-,46-44-. The molecule has 0 saturated carbocycles. The van der Waals surface area contributed by atoms with Crippen LogP contribution in [0.15, 0.2) is 122 Å². The highest BCUT2D eigenvalue weighted by atomic mass is 31.2. The van der Waals surface area contributed by atoms with Gasteiger partial charge in [0.25, 0.3) is 7.82 Å². The molecule has 0 aromatic rings. The van der Waals surface area contributed by atoms with Crippen LogP contribution in [0.1, 0.15) is 219 Å². The molecule has 0 fully saturated rings. The summed E-state index contributed by atoms with van der Waals surface area (Å²) in [4.78, 5) is 25.3. The van der Waals surface area contributed by atoms with Crippen LogP contribution in [0, 0.1) is 0 Å². The van der Waals surface area contributed by atoms with Gasteiger partial charge in [0.05, 0.1) is 34.4 Å². The SMILES string of the molecule is CC/C=C\C/C=C\C/C=C\C/C=C\C/C=C\C/C=C\C/C=C\CCCCCCOCC(COP(=O)([O-])OCC[N+](C)(C)C)OC(=O)CCCCCCCCCCCC/C=C\C/C=C\C/C=C\CCCCCCC. The fraction of sp³-hybridized carbons (Fsp3) is 0.672. The molecule has 2 atom stereocenters. The van der Waals surface area contributed by atoms with Crippen LogP contribution in [0.4, 0.5) is 0 Å². The number of ether oxygens (including phenoxy) is 2. The first kappa shape index (κ1) is 69.9. The van der Waals surface area contributed by atoms with E-state index in [2.05, 4.69) is 135 Å². The number of hydrogen-bond donors (Lipinski definition) is 0. The van der Waals surface area contributed by atoms with Gasteiger partial charge >= 0.3 is 5.97 Å². The fourth-order valence-electron chi connectivity index (χ4n) is 7.53. The van der Waals surface area contributed by atoms with Gasteiger partial charge in [-0.2, -0.15) is 0 Å². The van der Waals surface area contributed by atoms with Gasteiger partial charge in [0.2, 0.25) is 0 Å². The van der Waals surface area contributed by atoms with Crippen molar-refractivity contribution in [2.45, 2.75) is 225 Å². The van der Waals surface area contributed by atoms with E-state index < -0.39 is 13.9 Å². The van der Waals surface area contributed by atoms with Crippen LogP contribution < -0.4 is 4.89 Å². The Kier molecular flexibility index (Phi) is 52.8. The van der Waals surface area contributed by atoms with Gasteiger partial charge in [-0.05, 0) is 109 Å². The highest BCUT2D eigenvalue weighted by Gasteiger charge is 2.20. The Labute approximate surface area is 450 Å². The molecule has 0 N–H and O–H groups in total. The number of phosphoric acid groups is 1. The van der Waals surface area contributed by atoms with Gasteiger partial charge in [-0.3, -0.25) is 9.36 Å². The molecule has 8 nitrogen and oxygen atoms in total. The first-order chi connectivity index (χ1) is 35.6. The number of phosphoric ester groups is 1. The maximum atomic E-state index is 12.8. The van der Waals surface area contributed by atoms with E-state index in [-0.39, 0.29) is 25.8 Å². The third kappa shape index (κ3) is 59.7. The number of nitrogens with zero attached hydrogens (tertiary/aromatic N) is 1. The molecule has 0 heterocycles. The fourth-order valence-corrected chi connectivity index (χ4v) is 8.26. The van der Waals surface area contributed by atoms with Crippen molar-refractivity contribution in [3.63, 3.8) is 0 Å². The summed E-state index contributed by atoms with van der Waals surface area (Å²) < 4.78 is 34.8. The lowest BCUT2D eigenvalue weighted by Gasteiger charge is -2.28. The van der Waals surface area contributed by atoms with Crippen LogP contribution in [0.25, 0.3) is 0 Å². The summed E-state index contributed by atoms with van der Waals surface area (Å²) in [5, 5.41) is 0. The molecule has 0 rings (SSSR count). The molecule has 0 bridgehead atoms.